The third-order valence-electron chi connectivity index (χ3n) is 5.86. The van der Waals surface area contributed by atoms with Gasteiger partial charge in [-0.3, -0.25) is 9.59 Å². The number of anilines is 1. The van der Waals surface area contributed by atoms with E-state index in [0.717, 1.165) is 16.9 Å². The Labute approximate surface area is 213 Å². The molecule has 184 valence electrons. The molecule has 0 atom stereocenters. The molecule has 4 aromatic rings. The molecular weight excluding hydrogens is 474 g/mol. The van der Waals surface area contributed by atoms with E-state index in [1.165, 1.54) is 4.90 Å². The zero-order chi connectivity index (χ0) is 26.0. The average molecular weight is 502 g/mol. The number of hydrogen-bond donors (Lipinski definition) is 1. The monoisotopic (exact) mass is 501 g/mol. The van der Waals surface area contributed by atoms with E-state index in [9.17, 15) is 14.4 Å². The maximum atomic E-state index is 13.8. The van der Waals surface area contributed by atoms with Gasteiger partial charge in [0.25, 0.3) is 11.8 Å². The number of hydrogen-bond acceptors (Lipinski definition) is 6. The molecule has 0 fully saturated rings. The van der Waals surface area contributed by atoms with Crippen LogP contribution in [-0.4, -0.2) is 48.4 Å². The highest BCUT2D eigenvalue weighted by Gasteiger charge is 2.28. The number of para-hydroxylation sites is 1. The summed E-state index contributed by atoms with van der Waals surface area (Å²) in [5.74, 6) is -1.22. The van der Waals surface area contributed by atoms with Crippen LogP contribution in [-0.2, 0) is 4.74 Å². The van der Waals surface area contributed by atoms with Crippen LogP contribution in [0, 0.1) is 13.8 Å². The molecule has 0 aliphatic heterocycles. The minimum Gasteiger partial charge on any atom is -0.462 e. The maximum Gasteiger partial charge on any atom is 0.341 e. The molecule has 7 nitrogen and oxygen atoms in total. The Balaban J connectivity index is 1.86. The smallest absolute Gasteiger partial charge is 0.341 e. The lowest BCUT2D eigenvalue weighted by molar-refractivity contribution is 0.0527. The van der Waals surface area contributed by atoms with E-state index in [4.69, 9.17) is 9.72 Å². The number of pyridine rings is 1. The van der Waals surface area contributed by atoms with Crippen LogP contribution >= 0.6 is 11.3 Å². The second-order valence-electron chi connectivity index (χ2n) is 8.48. The topological polar surface area (TPSA) is 88.6 Å². The van der Waals surface area contributed by atoms with E-state index in [0.29, 0.717) is 38.2 Å². The van der Waals surface area contributed by atoms with Crippen LogP contribution in [0.15, 0.2) is 54.6 Å². The molecular formula is C28H27N3O4S. The predicted octanol–water partition coefficient (Wildman–Crippen LogP) is 5.71. The first-order chi connectivity index (χ1) is 17.2. The van der Waals surface area contributed by atoms with Gasteiger partial charge in [-0.2, -0.15) is 0 Å². The van der Waals surface area contributed by atoms with Crippen LogP contribution in [0.1, 0.15) is 48.4 Å². The number of thiophene rings is 1. The summed E-state index contributed by atoms with van der Waals surface area (Å²) >= 11 is 1.07. The standard InChI is InChI=1S/C28H27N3O4S/c1-6-35-28(34)22-17(3)24(27(33)31(4)5)36-26(22)30-25(32)21-16(2)23(18-12-8-7-9-13-18)29-20-15-11-10-14-19(20)21/h7-15H,6H2,1-5H3,(H,30,32). The molecule has 0 saturated heterocycles. The first-order valence-corrected chi connectivity index (χ1v) is 12.3. The number of fused-ring (bicyclic) bond motifs is 1. The molecule has 0 unspecified atom stereocenters. The molecule has 0 radical (unpaired) electrons. The van der Waals surface area contributed by atoms with Crippen molar-refractivity contribution in [2.45, 2.75) is 20.8 Å². The molecule has 2 amide bonds. The van der Waals surface area contributed by atoms with Gasteiger partial charge in [0.05, 0.1) is 33.8 Å². The molecule has 2 aromatic carbocycles. The summed E-state index contributed by atoms with van der Waals surface area (Å²) in [6.07, 6.45) is 0. The third-order valence-corrected chi connectivity index (χ3v) is 7.06. The second kappa shape index (κ2) is 10.3. The minimum atomic E-state index is -0.583. The van der Waals surface area contributed by atoms with E-state index in [1.807, 2.05) is 61.5 Å². The Morgan fingerprint density at radius 2 is 1.61 bits per heavy atom. The first kappa shape index (κ1) is 25.1. The van der Waals surface area contributed by atoms with Gasteiger partial charge in [-0.05, 0) is 38.0 Å². The quantitative estimate of drug-likeness (QED) is 0.342. The normalized spacial score (nSPS) is 10.8. The highest BCUT2D eigenvalue weighted by molar-refractivity contribution is 7.18. The molecule has 0 aliphatic carbocycles. The average Bonchev–Trinajstić information content (AvgIpc) is 3.18. The number of aromatic nitrogens is 1. The van der Waals surface area contributed by atoms with Crippen molar-refractivity contribution in [1.82, 2.24) is 9.88 Å². The fraction of sp³-hybridized carbons (Fsp3) is 0.214. The van der Waals surface area contributed by atoms with Gasteiger partial charge < -0.3 is 15.0 Å². The van der Waals surface area contributed by atoms with E-state index in [-0.39, 0.29) is 29.0 Å². The lowest BCUT2D eigenvalue weighted by Gasteiger charge is -2.15. The van der Waals surface area contributed by atoms with E-state index >= 15 is 0 Å². The van der Waals surface area contributed by atoms with Crippen LogP contribution in [0.2, 0.25) is 0 Å². The Morgan fingerprint density at radius 3 is 2.28 bits per heavy atom. The number of amides is 2. The van der Waals surface area contributed by atoms with Crippen LogP contribution in [0.3, 0.4) is 0 Å². The van der Waals surface area contributed by atoms with Crippen molar-refractivity contribution in [3.63, 3.8) is 0 Å². The maximum absolute atomic E-state index is 13.8. The van der Waals surface area contributed by atoms with Crippen LogP contribution < -0.4 is 5.32 Å². The molecule has 2 aromatic heterocycles. The summed E-state index contributed by atoms with van der Waals surface area (Å²) in [6, 6.07) is 17.1. The lowest BCUT2D eigenvalue weighted by atomic mass is 9.97. The van der Waals surface area contributed by atoms with E-state index in [2.05, 4.69) is 5.32 Å². The third kappa shape index (κ3) is 4.59. The molecule has 1 N–H and O–H groups in total. The number of benzene rings is 2. The van der Waals surface area contributed by atoms with Gasteiger partial charge in [-0.1, -0.05) is 48.5 Å². The SMILES string of the molecule is CCOC(=O)c1c(NC(=O)c2c(C)c(-c3ccccc3)nc3ccccc23)sc(C(=O)N(C)C)c1C. The Morgan fingerprint density at radius 1 is 0.944 bits per heavy atom. The Bertz CT molecular complexity index is 1480. The first-order valence-electron chi connectivity index (χ1n) is 11.5. The van der Waals surface area contributed by atoms with Crippen molar-refractivity contribution in [1.29, 1.82) is 0 Å². The molecule has 0 spiro atoms. The zero-order valence-electron chi connectivity index (χ0n) is 20.8. The summed E-state index contributed by atoms with van der Waals surface area (Å²) in [4.78, 5) is 46.0. The Kier molecular flexibility index (Phi) is 7.17. The highest BCUT2D eigenvalue weighted by Crippen LogP contribution is 2.36. The second-order valence-corrected chi connectivity index (χ2v) is 9.50. The Hall–Kier alpha value is -4.04. The van der Waals surface area contributed by atoms with Gasteiger partial charge in [0.1, 0.15) is 5.00 Å². The summed E-state index contributed by atoms with van der Waals surface area (Å²) < 4.78 is 5.24. The van der Waals surface area contributed by atoms with Crippen molar-refractivity contribution in [3.05, 3.63) is 81.7 Å². The van der Waals surface area contributed by atoms with E-state index in [1.54, 1.807) is 27.9 Å². The van der Waals surface area contributed by atoms with Crippen molar-refractivity contribution >= 4 is 45.0 Å². The van der Waals surface area contributed by atoms with Gasteiger partial charge in [-0.25, -0.2) is 9.78 Å². The fourth-order valence-electron chi connectivity index (χ4n) is 4.10. The molecule has 8 heteroatoms. The van der Waals surface area contributed by atoms with Gasteiger partial charge in [-0.15, -0.1) is 11.3 Å². The van der Waals surface area contributed by atoms with Gasteiger partial charge in [0.2, 0.25) is 0 Å². The number of carbonyl (C=O) groups is 3. The number of rotatable bonds is 6. The number of carbonyl (C=O) groups excluding carboxylic acids is 3. The minimum absolute atomic E-state index is 0.174. The van der Waals surface area contributed by atoms with E-state index < -0.39 is 5.97 Å². The van der Waals surface area contributed by atoms with Crippen molar-refractivity contribution < 1.29 is 19.1 Å². The van der Waals surface area contributed by atoms with Gasteiger partial charge in [0.15, 0.2) is 0 Å². The highest BCUT2D eigenvalue weighted by atomic mass is 32.1. The van der Waals surface area contributed by atoms with Crippen molar-refractivity contribution in [3.8, 4) is 11.3 Å². The van der Waals surface area contributed by atoms with Crippen molar-refractivity contribution in [2.24, 2.45) is 0 Å². The molecule has 2 heterocycles. The summed E-state index contributed by atoms with van der Waals surface area (Å²) in [5, 5.41) is 3.89. The van der Waals surface area contributed by atoms with Crippen LogP contribution in [0.25, 0.3) is 22.2 Å². The molecule has 0 bridgehead atoms. The van der Waals surface area contributed by atoms with Crippen LogP contribution in [0.4, 0.5) is 5.00 Å². The number of ether oxygens (including phenoxy) is 1. The predicted molar refractivity (Wildman–Crippen MR) is 143 cm³/mol. The van der Waals surface area contributed by atoms with Gasteiger partial charge >= 0.3 is 5.97 Å². The van der Waals surface area contributed by atoms with Crippen molar-refractivity contribution in [2.75, 3.05) is 26.0 Å². The van der Waals surface area contributed by atoms with Crippen LogP contribution in [0.5, 0.6) is 0 Å². The summed E-state index contributed by atoms with van der Waals surface area (Å²) in [6.45, 7) is 5.44. The molecule has 4 rings (SSSR count). The zero-order valence-corrected chi connectivity index (χ0v) is 21.7. The summed E-state index contributed by atoms with van der Waals surface area (Å²) in [5.41, 5.74) is 4.13. The van der Waals surface area contributed by atoms with Gasteiger partial charge in [0, 0.05) is 25.0 Å². The summed E-state index contributed by atoms with van der Waals surface area (Å²) in [7, 11) is 3.28. The number of nitrogens with zero attached hydrogens (tertiary/aromatic N) is 2. The number of esters is 1. The lowest BCUT2D eigenvalue weighted by Crippen LogP contribution is -2.21. The fourth-order valence-corrected chi connectivity index (χ4v) is 5.31. The molecule has 0 saturated carbocycles. The largest absolute Gasteiger partial charge is 0.462 e. The molecule has 36 heavy (non-hydrogen) atoms. The number of nitrogens with one attached hydrogen (secondary N) is 1. The molecule has 0 aliphatic rings.